The summed E-state index contributed by atoms with van der Waals surface area (Å²) < 4.78 is 0. The normalized spacial score (nSPS) is 12.3. The van der Waals surface area contributed by atoms with E-state index in [-0.39, 0.29) is 10.9 Å². The summed E-state index contributed by atoms with van der Waals surface area (Å²) in [5, 5.41) is 9.97. The molecule has 0 saturated carbocycles. The van der Waals surface area contributed by atoms with E-state index in [0.29, 0.717) is 25.9 Å². The quantitative estimate of drug-likeness (QED) is 0.642. The molecule has 0 aliphatic heterocycles. The van der Waals surface area contributed by atoms with Gasteiger partial charge >= 0.3 is 0 Å². The van der Waals surface area contributed by atoms with Crippen molar-refractivity contribution in [3.05, 3.63) is 0 Å². The zero-order valence-electron chi connectivity index (χ0n) is 13.5. The van der Waals surface area contributed by atoms with Gasteiger partial charge in [0.25, 0.3) is 0 Å². The van der Waals surface area contributed by atoms with Gasteiger partial charge in [0, 0.05) is 13.1 Å². The highest BCUT2D eigenvalue weighted by atomic mass is 32.1. The number of carbonyl (C=O) groups is 1. The Bertz CT molecular complexity index is 331. The first kappa shape index (κ1) is 19.3. The van der Waals surface area contributed by atoms with Gasteiger partial charge in [0.1, 0.15) is 0 Å². The maximum atomic E-state index is 12.9. The van der Waals surface area contributed by atoms with Gasteiger partial charge < -0.3 is 15.7 Å². The summed E-state index contributed by atoms with van der Waals surface area (Å²) in [5.74, 6) is -0.0432. The molecule has 5 heteroatoms. The Morgan fingerprint density at radius 3 is 1.90 bits per heavy atom. The molecule has 0 radical (unpaired) electrons. The molecule has 0 aromatic carbocycles. The molecule has 118 valence electrons. The number of nitrogens with two attached hydrogens (primary N) is 1. The molecule has 4 nitrogen and oxygen atoms in total. The first-order chi connectivity index (χ1) is 9.14. The van der Waals surface area contributed by atoms with E-state index in [1.165, 1.54) is 0 Å². The van der Waals surface area contributed by atoms with Gasteiger partial charge in [-0.15, -0.1) is 0 Å². The number of rotatable bonds is 9. The molecule has 0 fully saturated rings. The zero-order valence-corrected chi connectivity index (χ0v) is 14.3. The van der Waals surface area contributed by atoms with Crippen LogP contribution in [0.15, 0.2) is 0 Å². The number of hydrogen-bond acceptors (Lipinski definition) is 3. The largest absolute Gasteiger partial charge is 0.392 e. The van der Waals surface area contributed by atoms with Gasteiger partial charge in [0.05, 0.1) is 16.0 Å². The Labute approximate surface area is 128 Å². The van der Waals surface area contributed by atoms with E-state index >= 15 is 0 Å². The number of thiocarbonyl (C=S) groups is 1. The molecule has 0 aromatic rings. The van der Waals surface area contributed by atoms with Crippen molar-refractivity contribution < 1.29 is 9.90 Å². The van der Waals surface area contributed by atoms with Gasteiger partial charge in [0.2, 0.25) is 5.91 Å². The first-order valence-corrected chi connectivity index (χ1v) is 7.87. The van der Waals surface area contributed by atoms with Crippen molar-refractivity contribution in [1.29, 1.82) is 0 Å². The summed E-state index contributed by atoms with van der Waals surface area (Å²) >= 11 is 5.21. The van der Waals surface area contributed by atoms with E-state index in [4.69, 9.17) is 18.0 Å². The van der Waals surface area contributed by atoms with Gasteiger partial charge in [-0.25, -0.2) is 0 Å². The number of carbonyl (C=O) groups excluding carboxylic acids is 1. The van der Waals surface area contributed by atoms with Crippen molar-refractivity contribution in [2.24, 2.45) is 11.1 Å². The predicted molar refractivity (Wildman–Crippen MR) is 87.6 cm³/mol. The highest BCUT2D eigenvalue weighted by Gasteiger charge is 2.42. The van der Waals surface area contributed by atoms with E-state index in [0.717, 1.165) is 12.8 Å². The van der Waals surface area contributed by atoms with Crippen LogP contribution in [0.5, 0.6) is 0 Å². The fourth-order valence-corrected chi connectivity index (χ4v) is 2.93. The molecule has 0 aliphatic rings. The molecular weight excluding hydrogens is 272 g/mol. The van der Waals surface area contributed by atoms with Gasteiger partial charge in [-0.2, -0.15) is 0 Å². The minimum atomic E-state index is -0.925. The Morgan fingerprint density at radius 1 is 1.20 bits per heavy atom. The lowest BCUT2D eigenvalue weighted by Gasteiger charge is -2.38. The Hall–Kier alpha value is -0.680. The van der Waals surface area contributed by atoms with E-state index in [1.807, 2.05) is 20.8 Å². The number of amides is 1. The Morgan fingerprint density at radius 2 is 1.65 bits per heavy atom. The molecule has 0 unspecified atom stereocenters. The maximum absolute atomic E-state index is 12.9. The summed E-state index contributed by atoms with van der Waals surface area (Å²) in [6.07, 6.45) is 3.03. The molecule has 0 spiro atoms. The Balaban J connectivity index is 5.42. The first-order valence-electron chi connectivity index (χ1n) is 7.46. The SMILES string of the molecule is CCCC(CCC)(C(=O)N(CC)CC(C)(C)O)C(N)=S. The van der Waals surface area contributed by atoms with Crippen LogP contribution in [-0.2, 0) is 4.79 Å². The highest BCUT2D eigenvalue weighted by molar-refractivity contribution is 7.80. The minimum Gasteiger partial charge on any atom is -0.392 e. The fraction of sp³-hybridized carbons (Fsp3) is 0.867. The second kappa shape index (κ2) is 7.93. The molecule has 3 N–H and O–H groups in total. The van der Waals surface area contributed by atoms with E-state index < -0.39 is 11.0 Å². The average molecular weight is 302 g/mol. The maximum Gasteiger partial charge on any atom is 0.235 e. The summed E-state index contributed by atoms with van der Waals surface area (Å²) in [5.41, 5.74) is 4.23. The van der Waals surface area contributed by atoms with Crippen LogP contribution in [-0.4, -0.2) is 39.6 Å². The summed E-state index contributed by atoms with van der Waals surface area (Å²) in [4.78, 5) is 14.9. The van der Waals surface area contributed by atoms with Crippen LogP contribution in [0.4, 0.5) is 0 Å². The van der Waals surface area contributed by atoms with E-state index in [1.54, 1.807) is 18.7 Å². The van der Waals surface area contributed by atoms with Crippen molar-refractivity contribution in [1.82, 2.24) is 4.90 Å². The van der Waals surface area contributed by atoms with Crippen molar-refractivity contribution >= 4 is 23.1 Å². The van der Waals surface area contributed by atoms with Crippen LogP contribution in [0, 0.1) is 5.41 Å². The Kier molecular flexibility index (Phi) is 7.66. The number of likely N-dealkylation sites (N-methyl/N-ethyl adjacent to an activating group) is 1. The molecule has 0 aromatic heterocycles. The standard InChI is InChI=1S/C15H30N2O2S/c1-6-9-15(10-7-2,12(16)20)13(18)17(8-3)11-14(4,5)19/h19H,6-11H2,1-5H3,(H2,16,20). The summed E-state index contributed by atoms with van der Waals surface area (Å²) in [7, 11) is 0. The molecule has 0 saturated heterocycles. The van der Waals surface area contributed by atoms with Crippen molar-refractivity contribution in [2.45, 2.75) is 65.9 Å². The lowest BCUT2D eigenvalue weighted by Crippen LogP contribution is -2.53. The molecule has 0 atom stereocenters. The van der Waals surface area contributed by atoms with E-state index in [9.17, 15) is 9.90 Å². The van der Waals surface area contributed by atoms with Gasteiger partial charge in [-0.3, -0.25) is 4.79 Å². The predicted octanol–water partition coefficient (Wildman–Crippen LogP) is 2.48. The topological polar surface area (TPSA) is 66.6 Å². The smallest absolute Gasteiger partial charge is 0.235 e. The average Bonchev–Trinajstić information content (AvgIpc) is 2.33. The molecular formula is C15H30N2O2S. The van der Waals surface area contributed by atoms with Crippen LogP contribution in [0.25, 0.3) is 0 Å². The fourth-order valence-electron chi connectivity index (χ4n) is 2.64. The van der Waals surface area contributed by atoms with Gasteiger partial charge in [-0.1, -0.05) is 38.9 Å². The summed E-state index contributed by atoms with van der Waals surface area (Å²) in [6, 6.07) is 0. The highest BCUT2D eigenvalue weighted by Crippen LogP contribution is 2.33. The second-order valence-corrected chi connectivity index (χ2v) is 6.52. The number of aliphatic hydroxyl groups is 1. The molecule has 0 aliphatic carbocycles. The van der Waals surface area contributed by atoms with Crippen molar-refractivity contribution in [3.8, 4) is 0 Å². The minimum absolute atomic E-state index is 0.0432. The molecule has 20 heavy (non-hydrogen) atoms. The molecule has 0 heterocycles. The van der Waals surface area contributed by atoms with E-state index in [2.05, 4.69) is 0 Å². The molecule has 0 bridgehead atoms. The lowest BCUT2D eigenvalue weighted by molar-refractivity contribution is -0.141. The van der Waals surface area contributed by atoms with Crippen LogP contribution in [0.2, 0.25) is 0 Å². The third-order valence-electron chi connectivity index (χ3n) is 3.48. The lowest BCUT2D eigenvalue weighted by atomic mass is 9.77. The van der Waals surface area contributed by atoms with Gasteiger partial charge in [-0.05, 0) is 33.6 Å². The zero-order chi connectivity index (χ0) is 16.0. The number of nitrogens with zero attached hydrogens (tertiary/aromatic N) is 1. The monoisotopic (exact) mass is 302 g/mol. The summed E-state index contributed by atoms with van der Waals surface area (Å²) in [6.45, 7) is 10.2. The third kappa shape index (κ3) is 5.02. The third-order valence-corrected chi connectivity index (χ3v) is 3.87. The molecule has 1 amide bonds. The van der Waals surface area contributed by atoms with Crippen LogP contribution in [0.1, 0.15) is 60.3 Å². The number of hydrogen-bond donors (Lipinski definition) is 2. The van der Waals surface area contributed by atoms with Crippen molar-refractivity contribution in [3.63, 3.8) is 0 Å². The van der Waals surface area contributed by atoms with Gasteiger partial charge in [0.15, 0.2) is 0 Å². The molecule has 0 rings (SSSR count). The van der Waals surface area contributed by atoms with Crippen LogP contribution >= 0.6 is 12.2 Å². The van der Waals surface area contributed by atoms with Crippen LogP contribution in [0.3, 0.4) is 0 Å². The second-order valence-electron chi connectivity index (χ2n) is 6.08. The van der Waals surface area contributed by atoms with Crippen molar-refractivity contribution in [2.75, 3.05) is 13.1 Å². The van der Waals surface area contributed by atoms with Crippen LogP contribution < -0.4 is 5.73 Å².